The fourth-order valence-corrected chi connectivity index (χ4v) is 2.34. The van der Waals surface area contributed by atoms with Gasteiger partial charge in [-0.1, -0.05) is 6.07 Å². The van der Waals surface area contributed by atoms with Gasteiger partial charge in [0, 0.05) is 11.9 Å². The quantitative estimate of drug-likeness (QED) is 0.744. The van der Waals surface area contributed by atoms with Gasteiger partial charge in [0.15, 0.2) is 11.6 Å². The van der Waals surface area contributed by atoms with Crippen molar-refractivity contribution in [2.45, 2.75) is 19.9 Å². The molecule has 0 saturated heterocycles. The van der Waals surface area contributed by atoms with Crippen LogP contribution >= 0.6 is 0 Å². The number of rotatable bonds is 5. The third kappa shape index (κ3) is 3.82. The summed E-state index contributed by atoms with van der Waals surface area (Å²) in [6.07, 6.45) is 4.57. The van der Waals surface area contributed by atoms with Crippen LogP contribution < -0.4 is 10.1 Å². The number of amides is 1. The lowest BCUT2D eigenvalue weighted by Crippen LogP contribution is -2.27. The summed E-state index contributed by atoms with van der Waals surface area (Å²) < 4.78 is 19.8. The van der Waals surface area contributed by atoms with Crippen LogP contribution in [0.4, 0.5) is 4.39 Å². The Morgan fingerprint density at radius 2 is 2.16 bits per heavy atom. The van der Waals surface area contributed by atoms with E-state index in [1.807, 2.05) is 0 Å². The van der Waals surface area contributed by atoms with Gasteiger partial charge in [-0.3, -0.25) is 14.9 Å². The fraction of sp³-hybridized carbons (Fsp3) is 0.167. The Labute approximate surface area is 144 Å². The molecule has 0 aliphatic rings. The van der Waals surface area contributed by atoms with Gasteiger partial charge >= 0.3 is 0 Å². The van der Waals surface area contributed by atoms with E-state index in [0.29, 0.717) is 22.6 Å². The Balaban J connectivity index is 1.71. The molecule has 2 aromatic heterocycles. The van der Waals surface area contributed by atoms with Crippen molar-refractivity contribution in [1.82, 2.24) is 20.5 Å². The van der Waals surface area contributed by atoms with E-state index in [1.165, 1.54) is 24.5 Å². The van der Waals surface area contributed by atoms with Crippen LogP contribution in [0.3, 0.4) is 0 Å². The molecule has 25 heavy (non-hydrogen) atoms. The molecule has 0 fully saturated rings. The van der Waals surface area contributed by atoms with Crippen molar-refractivity contribution in [3.63, 3.8) is 0 Å². The van der Waals surface area contributed by atoms with Gasteiger partial charge in [-0.2, -0.15) is 5.10 Å². The fourth-order valence-electron chi connectivity index (χ4n) is 2.34. The van der Waals surface area contributed by atoms with Crippen molar-refractivity contribution in [3.05, 3.63) is 71.6 Å². The van der Waals surface area contributed by atoms with E-state index in [4.69, 9.17) is 4.74 Å². The lowest BCUT2D eigenvalue weighted by molar-refractivity contribution is 0.0939. The molecule has 1 amide bonds. The molecule has 0 radical (unpaired) electrons. The van der Waals surface area contributed by atoms with Crippen LogP contribution in [-0.2, 0) is 0 Å². The van der Waals surface area contributed by atoms with Crippen molar-refractivity contribution in [2.75, 3.05) is 0 Å². The number of aromatic nitrogens is 3. The summed E-state index contributed by atoms with van der Waals surface area (Å²) in [4.78, 5) is 16.1. The maximum Gasteiger partial charge on any atom is 0.255 e. The summed E-state index contributed by atoms with van der Waals surface area (Å²) in [6.45, 7) is 3.54. The Hall–Kier alpha value is -3.22. The summed E-state index contributed by atoms with van der Waals surface area (Å²) in [7, 11) is 0. The van der Waals surface area contributed by atoms with E-state index in [2.05, 4.69) is 20.5 Å². The van der Waals surface area contributed by atoms with Crippen molar-refractivity contribution in [3.8, 4) is 11.5 Å². The highest BCUT2D eigenvalue weighted by molar-refractivity contribution is 5.95. The number of carbonyl (C=O) groups is 1. The maximum atomic E-state index is 14.3. The summed E-state index contributed by atoms with van der Waals surface area (Å²) >= 11 is 0. The minimum Gasteiger partial charge on any atom is -0.453 e. The number of halogens is 1. The van der Waals surface area contributed by atoms with Gasteiger partial charge in [-0.15, -0.1) is 0 Å². The molecule has 1 aromatic carbocycles. The molecule has 0 spiro atoms. The van der Waals surface area contributed by atoms with E-state index in [9.17, 15) is 9.18 Å². The normalized spacial score (nSPS) is 11.8. The molecule has 2 heterocycles. The van der Waals surface area contributed by atoms with Crippen molar-refractivity contribution in [2.24, 2.45) is 0 Å². The van der Waals surface area contributed by atoms with Crippen LogP contribution in [0, 0.1) is 12.7 Å². The van der Waals surface area contributed by atoms with Gasteiger partial charge in [0.25, 0.3) is 5.91 Å². The third-order valence-electron chi connectivity index (χ3n) is 3.74. The first kappa shape index (κ1) is 16.6. The molecular weight excluding hydrogens is 323 g/mol. The second-order valence-electron chi connectivity index (χ2n) is 5.58. The molecule has 7 heteroatoms. The molecule has 1 unspecified atom stereocenters. The SMILES string of the molecule is Cc1[nH]ncc1C(=O)NC(C)c1ccc(Oc2cccnc2)c(F)c1. The first-order valence-electron chi connectivity index (χ1n) is 7.72. The highest BCUT2D eigenvalue weighted by Crippen LogP contribution is 2.26. The topological polar surface area (TPSA) is 79.9 Å². The van der Waals surface area contributed by atoms with Gasteiger partial charge in [0.05, 0.1) is 24.0 Å². The number of nitrogens with one attached hydrogen (secondary N) is 2. The highest BCUT2D eigenvalue weighted by Gasteiger charge is 2.16. The number of pyridine rings is 1. The predicted molar refractivity (Wildman–Crippen MR) is 89.9 cm³/mol. The number of nitrogens with zero attached hydrogens (tertiary/aromatic N) is 2. The molecule has 2 N–H and O–H groups in total. The standard InChI is InChI=1S/C18H17FN4O2/c1-11(22-18(24)15-10-21-23-12(15)2)13-5-6-17(16(19)8-13)25-14-4-3-7-20-9-14/h3-11H,1-2H3,(H,21,23)(H,22,24). The lowest BCUT2D eigenvalue weighted by atomic mass is 10.1. The maximum absolute atomic E-state index is 14.3. The van der Waals surface area contributed by atoms with Crippen molar-refractivity contribution >= 4 is 5.91 Å². The zero-order chi connectivity index (χ0) is 17.8. The van der Waals surface area contributed by atoms with Crippen LogP contribution in [0.25, 0.3) is 0 Å². The molecule has 128 valence electrons. The van der Waals surface area contributed by atoms with E-state index < -0.39 is 5.82 Å². The molecule has 3 aromatic rings. The first-order chi connectivity index (χ1) is 12.0. The molecule has 0 saturated carbocycles. The van der Waals surface area contributed by atoms with Gasteiger partial charge in [-0.05, 0) is 43.7 Å². The molecule has 3 rings (SSSR count). The molecular formula is C18H17FN4O2. The van der Waals surface area contributed by atoms with Gasteiger partial charge < -0.3 is 10.1 Å². The average molecular weight is 340 g/mol. The minimum atomic E-state index is -0.512. The smallest absolute Gasteiger partial charge is 0.255 e. The number of carbonyl (C=O) groups excluding carboxylic acids is 1. The van der Waals surface area contributed by atoms with E-state index in [-0.39, 0.29) is 17.7 Å². The van der Waals surface area contributed by atoms with Crippen LogP contribution in [0.1, 0.15) is 34.6 Å². The summed E-state index contributed by atoms with van der Waals surface area (Å²) in [6, 6.07) is 7.61. The first-order valence-corrected chi connectivity index (χ1v) is 7.72. The molecule has 0 aliphatic heterocycles. The Bertz CT molecular complexity index is 880. The Kier molecular flexibility index (Phi) is 4.74. The van der Waals surface area contributed by atoms with E-state index in [1.54, 1.807) is 38.2 Å². The van der Waals surface area contributed by atoms with E-state index >= 15 is 0 Å². The number of hydrogen-bond donors (Lipinski definition) is 2. The number of benzene rings is 1. The lowest BCUT2D eigenvalue weighted by Gasteiger charge is -2.15. The van der Waals surface area contributed by atoms with Crippen molar-refractivity contribution in [1.29, 1.82) is 0 Å². The third-order valence-corrected chi connectivity index (χ3v) is 3.74. The van der Waals surface area contributed by atoms with Crippen LogP contribution in [0.5, 0.6) is 11.5 Å². The number of hydrogen-bond acceptors (Lipinski definition) is 4. The second kappa shape index (κ2) is 7.12. The largest absolute Gasteiger partial charge is 0.453 e. The van der Waals surface area contributed by atoms with Gasteiger partial charge in [-0.25, -0.2) is 4.39 Å². The Morgan fingerprint density at radius 1 is 1.32 bits per heavy atom. The number of H-pyrrole nitrogens is 1. The summed E-state index contributed by atoms with van der Waals surface area (Å²) in [5.41, 5.74) is 1.77. The minimum absolute atomic E-state index is 0.0981. The summed E-state index contributed by atoms with van der Waals surface area (Å²) in [5, 5.41) is 9.35. The number of aryl methyl sites for hydroxylation is 1. The zero-order valence-corrected chi connectivity index (χ0v) is 13.8. The van der Waals surface area contributed by atoms with Crippen LogP contribution in [-0.4, -0.2) is 21.1 Å². The highest BCUT2D eigenvalue weighted by atomic mass is 19.1. The number of ether oxygens (including phenoxy) is 1. The predicted octanol–water partition coefficient (Wildman–Crippen LogP) is 3.54. The number of aromatic amines is 1. The Morgan fingerprint density at radius 3 is 2.80 bits per heavy atom. The molecule has 0 aliphatic carbocycles. The van der Waals surface area contributed by atoms with Crippen molar-refractivity contribution < 1.29 is 13.9 Å². The zero-order valence-electron chi connectivity index (χ0n) is 13.8. The molecule has 6 nitrogen and oxygen atoms in total. The second-order valence-corrected chi connectivity index (χ2v) is 5.58. The van der Waals surface area contributed by atoms with Crippen LogP contribution in [0.2, 0.25) is 0 Å². The van der Waals surface area contributed by atoms with Gasteiger partial charge in [0.2, 0.25) is 0 Å². The van der Waals surface area contributed by atoms with Gasteiger partial charge in [0.1, 0.15) is 5.75 Å². The average Bonchev–Trinajstić information content (AvgIpc) is 3.03. The summed E-state index contributed by atoms with van der Waals surface area (Å²) in [5.74, 6) is -0.233. The monoisotopic (exact) mass is 340 g/mol. The van der Waals surface area contributed by atoms with E-state index in [0.717, 1.165) is 0 Å². The molecule has 0 bridgehead atoms. The molecule has 1 atom stereocenters. The van der Waals surface area contributed by atoms with Crippen LogP contribution in [0.15, 0.2) is 48.9 Å².